The average Bonchev–Trinajstić information content (AvgIpc) is 3.26. The van der Waals surface area contributed by atoms with E-state index in [0.29, 0.717) is 17.5 Å². The second kappa shape index (κ2) is 6.22. The molecule has 1 aromatic heterocycles. The lowest BCUT2D eigenvalue weighted by molar-refractivity contribution is 0.408. The van der Waals surface area contributed by atoms with Crippen LogP contribution in [-0.2, 0) is 0 Å². The van der Waals surface area contributed by atoms with E-state index in [1.54, 1.807) is 13.2 Å². The summed E-state index contributed by atoms with van der Waals surface area (Å²) in [5.74, 6) is 3.22. The fourth-order valence-electron chi connectivity index (χ4n) is 1.85. The zero-order chi connectivity index (χ0) is 15.0. The van der Waals surface area contributed by atoms with Crippen LogP contribution in [0.2, 0.25) is 0 Å². The third-order valence-corrected chi connectivity index (χ3v) is 4.70. The molecule has 21 heavy (non-hydrogen) atoms. The van der Waals surface area contributed by atoms with E-state index in [9.17, 15) is 0 Å². The summed E-state index contributed by atoms with van der Waals surface area (Å²) in [6.45, 7) is 0. The van der Waals surface area contributed by atoms with Crippen LogP contribution in [0.5, 0.6) is 17.4 Å². The fourth-order valence-corrected chi connectivity index (χ4v) is 3.11. The quantitative estimate of drug-likeness (QED) is 0.549. The third-order valence-electron chi connectivity index (χ3n) is 3.05. The Morgan fingerprint density at radius 2 is 1.67 bits per heavy atom. The van der Waals surface area contributed by atoms with Gasteiger partial charge in [-0.05, 0) is 72.8 Å². The van der Waals surface area contributed by atoms with Gasteiger partial charge in [0.25, 0.3) is 0 Å². The summed E-state index contributed by atoms with van der Waals surface area (Å²) in [7, 11) is 1.62. The van der Waals surface area contributed by atoms with Crippen molar-refractivity contribution in [2.75, 3.05) is 7.11 Å². The van der Waals surface area contributed by atoms with E-state index in [1.165, 1.54) is 0 Å². The summed E-state index contributed by atoms with van der Waals surface area (Å²) in [4.78, 5) is 8.86. The molecule has 0 unspecified atom stereocenters. The first-order valence-corrected chi connectivity index (χ1v) is 8.70. The lowest BCUT2D eigenvalue weighted by atomic mass is 10.3. The Kier molecular flexibility index (Phi) is 4.51. The molecule has 1 fully saturated rings. The maximum Gasteiger partial charge on any atom is 0.223 e. The summed E-state index contributed by atoms with van der Waals surface area (Å²) >= 11 is 10.3. The predicted octanol–water partition coefficient (Wildman–Crippen LogP) is 5.44. The number of aromatic nitrogens is 2. The van der Waals surface area contributed by atoms with Gasteiger partial charge in [0.15, 0.2) is 0 Å². The zero-order valence-electron chi connectivity index (χ0n) is 11.1. The number of hydrogen-bond acceptors (Lipinski definition) is 4. The van der Waals surface area contributed by atoms with Crippen molar-refractivity contribution in [3.05, 3.63) is 37.6 Å². The van der Waals surface area contributed by atoms with E-state index in [2.05, 4.69) is 57.8 Å². The minimum Gasteiger partial charge on any atom is -0.496 e. The fraction of sp³-hybridized carbons (Fsp3) is 0.286. The van der Waals surface area contributed by atoms with Crippen LogP contribution in [-0.4, -0.2) is 17.1 Å². The molecule has 0 spiro atoms. The smallest absolute Gasteiger partial charge is 0.223 e. The minimum absolute atomic E-state index is 0.468. The van der Waals surface area contributed by atoms with Crippen molar-refractivity contribution in [2.24, 2.45) is 0 Å². The Bertz CT molecular complexity index is 690. The molecule has 1 aromatic carbocycles. The number of benzene rings is 1. The molecular formula is C14H11Br3N2O2. The van der Waals surface area contributed by atoms with Gasteiger partial charge in [0.05, 0.1) is 16.1 Å². The van der Waals surface area contributed by atoms with E-state index >= 15 is 0 Å². The van der Waals surface area contributed by atoms with Gasteiger partial charge in [-0.25, -0.2) is 4.98 Å². The lowest BCUT2D eigenvalue weighted by Gasteiger charge is -2.11. The molecule has 2 aromatic rings. The highest BCUT2D eigenvalue weighted by molar-refractivity contribution is 9.11. The number of nitrogens with zero attached hydrogens (tertiary/aromatic N) is 2. The molecule has 3 rings (SSSR count). The Labute approximate surface area is 147 Å². The van der Waals surface area contributed by atoms with Gasteiger partial charge in [-0.3, -0.25) is 0 Å². The molecule has 0 radical (unpaired) electrons. The van der Waals surface area contributed by atoms with Crippen LogP contribution in [0.3, 0.4) is 0 Å². The van der Waals surface area contributed by atoms with E-state index in [4.69, 9.17) is 9.47 Å². The molecule has 0 N–H and O–H groups in total. The first-order chi connectivity index (χ1) is 10.1. The van der Waals surface area contributed by atoms with Crippen LogP contribution < -0.4 is 9.47 Å². The maximum atomic E-state index is 5.88. The highest BCUT2D eigenvalue weighted by Crippen LogP contribution is 2.41. The Morgan fingerprint density at radius 1 is 1.00 bits per heavy atom. The van der Waals surface area contributed by atoms with Crippen molar-refractivity contribution >= 4 is 47.8 Å². The largest absolute Gasteiger partial charge is 0.496 e. The molecule has 1 aliphatic rings. The summed E-state index contributed by atoms with van der Waals surface area (Å²) in [5.41, 5.74) is 0. The molecular weight excluding hydrogens is 468 g/mol. The predicted molar refractivity (Wildman–Crippen MR) is 90.2 cm³/mol. The molecule has 110 valence electrons. The SMILES string of the molecule is COc1cc(Br)c(Oc2cc(Br)nc(C3CC3)n2)cc1Br. The molecule has 7 heteroatoms. The summed E-state index contributed by atoms with van der Waals surface area (Å²) < 4.78 is 13.5. The molecule has 1 aliphatic carbocycles. The standard InChI is InChI=1S/C14H11Br3N2O2/c1-20-10-4-9(16)11(5-8(10)15)21-13-6-12(17)18-14(19-13)7-2-3-7/h4-7H,2-3H2,1H3. The van der Waals surface area contributed by atoms with Gasteiger partial charge in [-0.15, -0.1) is 0 Å². The average molecular weight is 479 g/mol. The molecule has 0 aliphatic heterocycles. The van der Waals surface area contributed by atoms with Crippen molar-refractivity contribution in [3.63, 3.8) is 0 Å². The second-order valence-corrected chi connectivity index (χ2v) is 7.20. The van der Waals surface area contributed by atoms with Crippen LogP contribution >= 0.6 is 47.8 Å². The van der Waals surface area contributed by atoms with E-state index in [1.807, 2.05) is 12.1 Å². The molecule has 0 amide bonds. The van der Waals surface area contributed by atoms with Crippen LogP contribution in [0.1, 0.15) is 24.6 Å². The summed E-state index contributed by atoms with van der Waals surface area (Å²) in [6.07, 6.45) is 2.29. The van der Waals surface area contributed by atoms with Gasteiger partial charge in [-0.2, -0.15) is 4.98 Å². The third kappa shape index (κ3) is 3.57. The van der Waals surface area contributed by atoms with Gasteiger partial charge in [0.1, 0.15) is 21.9 Å². The summed E-state index contributed by atoms with van der Waals surface area (Å²) in [5, 5.41) is 0. The van der Waals surface area contributed by atoms with Crippen LogP contribution in [0.4, 0.5) is 0 Å². The highest BCUT2D eigenvalue weighted by atomic mass is 79.9. The number of rotatable bonds is 4. The van der Waals surface area contributed by atoms with E-state index in [0.717, 1.165) is 38.0 Å². The van der Waals surface area contributed by atoms with Crippen molar-refractivity contribution in [3.8, 4) is 17.4 Å². The van der Waals surface area contributed by atoms with Crippen LogP contribution in [0, 0.1) is 0 Å². The van der Waals surface area contributed by atoms with Crippen molar-refractivity contribution in [1.82, 2.24) is 9.97 Å². The number of hydrogen-bond donors (Lipinski definition) is 0. The number of halogens is 3. The van der Waals surface area contributed by atoms with E-state index < -0.39 is 0 Å². The molecule has 1 heterocycles. The van der Waals surface area contributed by atoms with Gasteiger partial charge >= 0.3 is 0 Å². The number of ether oxygens (including phenoxy) is 2. The van der Waals surface area contributed by atoms with Gasteiger partial charge in [-0.1, -0.05) is 0 Å². The maximum absolute atomic E-state index is 5.88. The minimum atomic E-state index is 0.468. The molecule has 0 bridgehead atoms. The molecule has 0 atom stereocenters. The van der Waals surface area contributed by atoms with Crippen molar-refractivity contribution in [2.45, 2.75) is 18.8 Å². The molecule has 4 nitrogen and oxygen atoms in total. The Hall–Kier alpha value is -0.660. The molecule has 0 saturated heterocycles. The normalized spacial score (nSPS) is 14.1. The topological polar surface area (TPSA) is 44.2 Å². The van der Waals surface area contributed by atoms with Crippen molar-refractivity contribution < 1.29 is 9.47 Å². The second-order valence-electron chi connectivity index (χ2n) is 4.68. The zero-order valence-corrected chi connectivity index (χ0v) is 15.8. The van der Waals surface area contributed by atoms with Gasteiger partial charge < -0.3 is 9.47 Å². The molecule has 1 saturated carbocycles. The van der Waals surface area contributed by atoms with Crippen molar-refractivity contribution in [1.29, 1.82) is 0 Å². The van der Waals surface area contributed by atoms with Crippen LogP contribution in [0.15, 0.2) is 31.7 Å². The van der Waals surface area contributed by atoms with Gasteiger partial charge in [0, 0.05) is 12.0 Å². The monoisotopic (exact) mass is 476 g/mol. The Balaban J connectivity index is 1.91. The summed E-state index contributed by atoms with van der Waals surface area (Å²) in [6, 6.07) is 5.45. The lowest BCUT2D eigenvalue weighted by Crippen LogP contribution is -1.97. The first-order valence-electron chi connectivity index (χ1n) is 6.32. The van der Waals surface area contributed by atoms with Gasteiger partial charge in [0.2, 0.25) is 5.88 Å². The van der Waals surface area contributed by atoms with E-state index in [-0.39, 0.29) is 0 Å². The number of methoxy groups -OCH3 is 1. The highest BCUT2D eigenvalue weighted by Gasteiger charge is 2.27. The van der Waals surface area contributed by atoms with Crippen LogP contribution in [0.25, 0.3) is 0 Å². The Morgan fingerprint density at radius 3 is 2.33 bits per heavy atom. The first kappa shape index (κ1) is 15.2.